The van der Waals surface area contributed by atoms with Gasteiger partial charge >= 0.3 is 5.69 Å². The van der Waals surface area contributed by atoms with Crippen LogP contribution in [0.4, 0.5) is 17.3 Å². The lowest BCUT2D eigenvalue weighted by Gasteiger charge is -2.29. The second-order valence-electron chi connectivity index (χ2n) is 8.16. The van der Waals surface area contributed by atoms with Gasteiger partial charge < -0.3 is 19.7 Å². The smallest absolute Gasteiger partial charge is 0.330 e. The van der Waals surface area contributed by atoms with Crippen LogP contribution >= 0.6 is 0 Å². The van der Waals surface area contributed by atoms with Crippen LogP contribution < -0.4 is 20.6 Å². The van der Waals surface area contributed by atoms with Gasteiger partial charge in [0.25, 0.3) is 0 Å². The molecule has 0 amide bonds. The van der Waals surface area contributed by atoms with Gasteiger partial charge in [-0.05, 0) is 25.0 Å². The summed E-state index contributed by atoms with van der Waals surface area (Å²) in [5.41, 5.74) is 3.28. The van der Waals surface area contributed by atoms with Crippen molar-refractivity contribution in [3.8, 4) is 5.75 Å². The number of aryl methyl sites for hydroxylation is 1. The van der Waals surface area contributed by atoms with Gasteiger partial charge in [-0.3, -0.25) is 9.13 Å². The van der Waals surface area contributed by atoms with E-state index in [1.54, 1.807) is 24.9 Å². The standard InChI is InChI=1S/C22H28N6O3/c1-26-18-14-23-21(25-20(18)28(22(26)29)15-5-3-4-6-15)24-17-8-7-16(13-19(17)30-2)27-9-11-31-12-10-27/h7-8,13-15H,3-6,9-12H2,1-2H3,(H,23,24,25). The highest BCUT2D eigenvalue weighted by molar-refractivity contribution is 5.74. The lowest BCUT2D eigenvalue weighted by Crippen LogP contribution is -2.36. The molecule has 1 N–H and O–H groups in total. The number of benzene rings is 1. The molecule has 2 aliphatic rings. The van der Waals surface area contributed by atoms with E-state index in [2.05, 4.69) is 21.3 Å². The molecule has 0 spiro atoms. The Kier molecular flexibility index (Phi) is 5.27. The van der Waals surface area contributed by atoms with Crippen LogP contribution in [0.15, 0.2) is 29.2 Å². The van der Waals surface area contributed by atoms with Crippen LogP contribution in [0.1, 0.15) is 31.7 Å². The Morgan fingerprint density at radius 1 is 1.19 bits per heavy atom. The number of anilines is 3. The Morgan fingerprint density at radius 2 is 1.97 bits per heavy atom. The molecule has 1 aliphatic heterocycles. The second kappa shape index (κ2) is 8.22. The summed E-state index contributed by atoms with van der Waals surface area (Å²) >= 11 is 0. The van der Waals surface area contributed by atoms with E-state index in [4.69, 9.17) is 14.5 Å². The number of morpholine rings is 1. The zero-order valence-corrected chi connectivity index (χ0v) is 18.0. The van der Waals surface area contributed by atoms with Crippen molar-refractivity contribution in [1.82, 2.24) is 19.1 Å². The van der Waals surface area contributed by atoms with Gasteiger partial charge in [0.2, 0.25) is 5.95 Å². The third kappa shape index (κ3) is 3.63. The average Bonchev–Trinajstić information content (AvgIpc) is 3.41. The Bertz CT molecular complexity index is 1140. The molecular weight excluding hydrogens is 396 g/mol. The summed E-state index contributed by atoms with van der Waals surface area (Å²) in [7, 11) is 3.43. The van der Waals surface area contributed by atoms with Gasteiger partial charge in [0.1, 0.15) is 11.3 Å². The van der Waals surface area contributed by atoms with Crippen molar-refractivity contribution in [2.45, 2.75) is 31.7 Å². The minimum atomic E-state index is -0.0270. The van der Waals surface area contributed by atoms with Gasteiger partial charge in [0, 0.05) is 37.9 Å². The quantitative estimate of drug-likeness (QED) is 0.674. The van der Waals surface area contributed by atoms with Crippen LogP contribution in [0.5, 0.6) is 5.75 Å². The SMILES string of the molecule is COc1cc(N2CCOCC2)ccc1Nc1ncc2c(n1)n(C1CCCC1)c(=O)n2C. The van der Waals surface area contributed by atoms with Crippen molar-refractivity contribution in [2.75, 3.05) is 43.6 Å². The number of ether oxygens (including phenoxy) is 2. The van der Waals surface area contributed by atoms with Crippen LogP contribution in [-0.2, 0) is 11.8 Å². The summed E-state index contributed by atoms with van der Waals surface area (Å²) in [5.74, 6) is 1.16. The van der Waals surface area contributed by atoms with Crippen LogP contribution in [0.25, 0.3) is 11.2 Å². The summed E-state index contributed by atoms with van der Waals surface area (Å²) in [5, 5.41) is 3.28. The van der Waals surface area contributed by atoms with Gasteiger partial charge in [-0.1, -0.05) is 12.8 Å². The van der Waals surface area contributed by atoms with E-state index in [9.17, 15) is 4.79 Å². The summed E-state index contributed by atoms with van der Waals surface area (Å²) in [6.45, 7) is 3.19. The van der Waals surface area contributed by atoms with E-state index in [-0.39, 0.29) is 11.7 Å². The Labute approximate surface area is 180 Å². The first kappa shape index (κ1) is 19.9. The van der Waals surface area contributed by atoms with E-state index in [1.165, 1.54) is 0 Å². The molecule has 3 aromatic rings. The molecule has 1 aliphatic carbocycles. The lowest BCUT2D eigenvalue weighted by atomic mass is 10.2. The third-order valence-electron chi connectivity index (χ3n) is 6.33. The van der Waals surface area contributed by atoms with Crippen molar-refractivity contribution in [3.05, 3.63) is 34.9 Å². The average molecular weight is 425 g/mol. The number of rotatable bonds is 5. The molecule has 0 unspecified atom stereocenters. The molecule has 0 atom stereocenters. The fourth-order valence-electron chi connectivity index (χ4n) is 4.61. The van der Waals surface area contributed by atoms with Crippen LogP contribution in [0.3, 0.4) is 0 Å². The molecule has 164 valence electrons. The van der Waals surface area contributed by atoms with Gasteiger partial charge in [0.15, 0.2) is 5.65 Å². The number of nitrogens with one attached hydrogen (secondary N) is 1. The topological polar surface area (TPSA) is 86.4 Å². The van der Waals surface area contributed by atoms with Crippen LogP contribution in [0, 0.1) is 0 Å². The van der Waals surface area contributed by atoms with Gasteiger partial charge in [0.05, 0.1) is 32.2 Å². The van der Waals surface area contributed by atoms with Crippen molar-refractivity contribution in [3.63, 3.8) is 0 Å². The largest absolute Gasteiger partial charge is 0.494 e. The second-order valence-corrected chi connectivity index (χ2v) is 8.16. The van der Waals surface area contributed by atoms with Crippen LogP contribution in [-0.4, -0.2) is 52.5 Å². The predicted molar refractivity (Wildman–Crippen MR) is 120 cm³/mol. The highest BCUT2D eigenvalue weighted by Gasteiger charge is 2.24. The van der Waals surface area contributed by atoms with E-state index in [1.807, 2.05) is 16.7 Å². The Hall–Kier alpha value is -3.07. The van der Waals surface area contributed by atoms with Gasteiger partial charge in [-0.25, -0.2) is 9.78 Å². The fourth-order valence-corrected chi connectivity index (χ4v) is 4.61. The molecule has 9 nitrogen and oxygen atoms in total. The molecule has 9 heteroatoms. The van der Waals surface area contributed by atoms with E-state index in [0.29, 0.717) is 17.3 Å². The first-order chi connectivity index (χ1) is 15.2. The van der Waals surface area contributed by atoms with Gasteiger partial charge in [-0.15, -0.1) is 0 Å². The Balaban J connectivity index is 1.47. The molecule has 5 rings (SSSR count). The first-order valence-electron chi connectivity index (χ1n) is 10.9. The lowest BCUT2D eigenvalue weighted by molar-refractivity contribution is 0.122. The number of fused-ring (bicyclic) bond motifs is 1. The fraction of sp³-hybridized carbons (Fsp3) is 0.500. The van der Waals surface area contributed by atoms with Crippen molar-refractivity contribution in [1.29, 1.82) is 0 Å². The van der Waals surface area contributed by atoms with E-state index >= 15 is 0 Å². The number of aromatic nitrogens is 4. The molecule has 31 heavy (non-hydrogen) atoms. The molecule has 1 saturated carbocycles. The number of nitrogens with zero attached hydrogens (tertiary/aromatic N) is 5. The van der Waals surface area contributed by atoms with Gasteiger partial charge in [-0.2, -0.15) is 4.98 Å². The van der Waals surface area contributed by atoms with Crippen LogP contribution in [0.2, 0.25) is 0 Å². The highest BCUT2D eigenvalue weighted by Crippen LogP contribution is 2.33. The minimum absolute atomic E-state index is 0.0270. The van der Waals surface area contributed by atoms with E-state index < -0.39 is 0 Å². The van der Waals surface area contributed by atoms with Crippen molar-refractivity contribution in [2.24, 2.45) is 7.05 Å². The highest BCUT2D eigenvalue weighted by atomic mass is 16.5. The molecule has 0 radical (unpaired) electrons. The summed E-state index contributed by atoms with van der Waals surface area (Å²) in [4.78, 5) is 24.3. The molecule has 2 aromatic heterocycles. The van der Waals surface area contributed by atoms with Crippen molar-refractivity contribution >= 4 is 28.5 Å². The third-order valence-corrected chi connectivity index (χ3v) is 6.33. The molecular formula is C22H28N6O3. The number of hydrogen-bond acceptors (Lipinski definition) is 7. The number of imidazole rings is 1. The summed E-state index contributed by atoms with van der Waals surface area (Å²) in [6, 6.07) is 6.27. The monoisotopic (exact) mass is 424 g/mol. The predicted octanol–water partition coefficient (Wildman–Crippen LogP) is 2.83. The maximum Gasteiger partial charge on any atom is 0.330 e. The zero-order valence-electron chi connectivity index (χ0n) is 18.0. The first-order valence-corrected chi connectivity index (χ1v) is 10.9. The summed E-state index contributed by atoms with van der Waals surface area (Å²) in [6.07, 6.45) is 6.05. The molecule has 3 heterocycles. The normalized spacial score (nSPS) is 17.4. The Morgan fingerprint density at radius 3 is 2.71 bits per heavy atom. The zero-order chi connectivity index (χ0) is 21.4. The number of methoxy groups -OCH3 is 1. The molecule has 1 saturated heterocycles. The maximum atomic E-state index is 12.8. The summed E-state index contributed by atoms with van der Waals surface area (Å²) < 4.78 is 14.5. The van der Waals surface area contributed by atoms with Crippen molar-refractivity contribution < 1.29 is 9.47 Å². The molecule has 0 bridgehead atoms. The minimum Gasteiger partial charge on any atom is -0.494 e. The van der Waals surface area contributed by atoms with E-state index in [0.717, 1.165) is 68.9 Å². The number of hydrogen-bond donors (Lipinski definition) is 1. The maximum absolute atomic E-state index is 12.8. The molecule has 1 aromatic carbocycles. The molecule has 2 fully saturated rings.